The van der Waals surface area contributed by atoms with E-state index in [1.807, 2.05) is 20.8 Å². The van der Waals surface area contributed by atoms with Crippen LogP contribution in [0.2, 0.25) is 0 Å². The summed E-state index contributed by atoms with van der Waals surface area (Å²) in [5.41, 5.74) is -0.231. The highest BCUT2D eigenvalue weighted by Crippen LogP contribution is 2.24. The van der Waals surface area contributed by atoms with Gasteiger partial charge in [-0.2, -0.15) is 0 Å². The van der Waals surface area contributed by atoms with Crippen molar-refractivity contribution >= 4 is 23.6 Å². The average molecular weight is 247 g/mol. The van der Waals surface area contributed by atoms with Crippen molar-refractivity contribution in [3.63, 3.8) is 0 Å². The van der Waals surface area contributed by atoms with E-state index in [9.17, 15) is 9.59 Å². The molecule has 2 N–H and O–H groups in total. The average Bonchev–Trinajstić information content (AvgIpc) is 2.14. The van der Waals surface area contributed by atoms with E-state index >= 15 is 0 Å². The fourth-order valence-electron chi connectivity index (χ4n) is 0.810. The van der Waals surface area contributed by atoms with Gasteiger partial charge in [0.1, 0.15) is 4.75 Å². The molecular formula is C11H21NO3S. The molecule has 0 atom stereocenters. The number of hydrogen-bond acceptors (Lipinski definition) is 3. The summed E-state index contributed by atoms with van der Waals surface area (Å²) >= 11 is 1.13. The molecule has 94 valence electrons. The molecule has 0 aromatic heterocycles. The first-order valence-corrected chi connectivity index (χ1v) is 6.27. The second-order valence-electron chi connectivity index (χ2n) is 4.89. The van der Waals surface area contributed by atoms with Crippen molar-refractivity contribution in [3.05, 3.63) is 0 Å². The van der Waals surface area contributed by atoms with E-state index in [2.05, 4.69) is 5.32 Å². The third kappa shape index (κ3) is 5.39. The van der Waals surface area contributed by atoms with E-state index < -0.39 is 10.7 Å². The van der Waals surface area contributed by atoms with Crippen molar-refractivity contribution in [2.24, 2.45) is 0 Å². The lowest BCUT2D eigenvalue weighted by Gasteiger charge is -2.25. The van der Waals surface area contributed by atoms with Crippen molar-refractivity contribution in [2.75, 3.05) is 5.75 Å². The monoisotopic (exact) mass is 247 g/mol. The van der Waals surface area contributed by atoms with E-state index in [0.717, 1.165) is 18.2 Å². The number of amides is 1. The number of carboxylic acids is 1. The molecule has 0 radical (unpaired) electrons. The van der Waals surface area contributed by atoms with Gasteiger partial charge in [-0.25, -0.2) is 0 Å². The SMILES string of the molecule is CCC(C)(C)NC(=O)CSC(C)(C)C(=O)O. The lowest BCUT2D eigenvalue weighted by atomic mass is 10.0. The van der Waals surface area contributed by atoms with Crippen LogP contribution in [-0.4, -0.2) is 33.0 Å². The van der Waals surface area contributed by atoms with Gasteiger partial charge in [0.25, 0.3) is 0 Å². The van der Waals surface area contributed by atoms with E-state index in [0.29, 0.717) is 0 Å². The van der Waals surface area contributed by atoms with Crippen LogP contribution in [0.25, 0.3) is 0 Å². The lowest BCUT2D eigenvalue weighted by molar-refractivity contribution is -0.138. The van der Waals surface area contributed by atoms with Gasteiger partial charge in [-0.3, -0.25) is 9.59 Å². The summed E-state index contributed by atoms with van der Waals surface area (Å²) in [6, 6.07) is 0. The van der Waals surface area contributed by atoms with Gasteiger partial charge >= 0.3 is 5.97 Å². The molecule has 0 unspecified atom stereocenters. The number of thioether (sulfide) groups is 1. The number of carboxylic acid groups (broad SMARTS) is 1. The predicted octanol–water partition coefficient (Wildman–Crippen LogP) is 1.89. The van der Waals surface area contributed by atoms with Gasteiger partial charge in [-0.15, -0.1) is 11.8 Å². The fourth-order valence-corrected chi connectivity index (χ4v) is 1.50. The molecule has 0 aromatic carbocycles. The fraction of sp³-hybridized carbons (Fsp3) is 0.818. The van der Waals surface area contributed by atoms with Crippen LogP contribution in [0, 0.1) is 0 Å². The molecule has 0 bridgehead atoms. The van der Waals surface area contributed by atoms with Crippen LogP contribution in [-0.2, 0) is 9.59 Å². The minimum atomic E-state index is -0.923. The molecule has 0 aliphatic heterocycles. The second kappa shape index (κ2) is 5.57. The summed E-state index contributed by atoms with van der Waals surface area (Å²) in [4.78, 5) is 22.4. The molecule has 0 aromatic rings. The Morgan fingerprint density at radius 1 is 1.25 bits per heavy atom. The normalized spacial score (nSPS) is 12.3. The van der Waals surface area contributed by atoms with Crippen LogP contribution >= 0.6 is 11.8 Å². The summed E-state index contributed by atoms with van der Waals surface area (Å²) < 4.78 is -0.923. The topological polar surface area (TPSA) is 66.4 Å². The zero-order valence-electron chi connectivity index (χ0n) is 10.6. The minimum Gasteiger partial charge on any atom is -0.480 e. The molecule has 0 saturated heterocycles. The Bertz CT molecular complexity index is 274. The third-order valence-electron chi connectivity index (χ3n) is 2.44. The molecule has 0 spiro atoms. The Kier molecular flexibility index (Phi) is 5.32. The molecule has 0 heterocycles. The first-order chi connectivity index (χ1) is 7.10. The van der Waals surface area contributed by atoms with Crippen LogP contribution in [0.3, 0.4) is 0 Å². The largest absolute Gasteiger partial charge is 0.480 e. The minimum absolute atomic E-state index is 0.119. The number of carbonyl (C=O) groups is 2. The van der Waals surface area contributed by atoms with Crippen LogP contribution in [0.4, 0.5) is 0 Å². The van der Waals surface area contributed by atoms with Gasteiger partial charge in [0, 0.05) is 5.54 Å². The molecule has 0 saturated carbocycles. The van der Waals surface area contributed by atoms with Gasteiger partial charge < -0.3 is 10.4 Å². The van der Waals surface area contributed by atoms with Crippen molar-refractivity contribution in [3.8, 4) is 0 Å². The maximum absolute atomic E-state index is 11.6. The summed E-state index contributed by atoms with van der Waals surface area (Å²) in [7, 11) is 0. The van der Waals surface area contributed by atoms with Crippen LogP contribution in [0.5, 0.6) is 0 Å². The number of hydrogen-bond donors (Lipinski definition) is 2. The van der Waals surface area contributed by atoms with Gasteiger partial charge in [0.05, 0.1) is 5.75 Å². The molecule has 0 rings (SSSR count). The lowest BCUT2D eigenvalue weighted by Crippen LogP contribution is -2.44. The summed E-state index contributed by atoms with van der Waals surface area (Å²) in [5, 5.41) is 11.7. The van der Waals surface area contributed by atoms with Crippen LogP contribution < -0.4 is 5.32 Å². The molecule has 16 heavy (non-hydrogen) atoms. The van der Waals surface area contributed by atoms with E-state index in [1.54, 1.807) is 13.8 Å². The Morgan fingerprint density at radius 2 is 1.75 bits per heavy atom. The number of carbonyl (C=O) groups excluding carboxylic acids is 1. The molecular weight excluding hydrogens is 226 g/mol. The first-order valence-electron chi connectivity index (χ1n) is 5.29. The number of aliphatic carboxylic acids is 1. The Balaban J connectivity index is 4.14. The van der Waals surface area contributed by atoms with E-state index in [4.69, 9.17) is 5.11 Å². The van der Waals surface area contributed by atoms with Crippen molar-refractivity contribution in [2.45, 2.75) is 51.3 Å². The zero-order chi connectivity index (χ0) is 13.0. The van der Waals surface area contributed by atoms with Crippen LogP contribution in [0.15, 0.2) is 0 Å². The summed E-state index contributed by atoms with van der Waals surface area (Å²) in [6.45, 7) is 9.07. The highest BCUT2D eigenvalue weighted by molar-refractivity contribution is 8.01. The van der Waals surface area contributed by atoms with Gasteiger partial charge in [-0.05, 0) is 34.1 Å². The summed E-state index contributed by atoms with van der Waals surface area (Å²) in [6.07, 6.45) is 0.839. The predicted molar refractivity (Wildman–Crippen MR) is 66.7 cm³/mol. The van der Waals surface area contributed by atoms with Gasteiger partial charge in [0.15, 0.2) is 0 Å². The standard InChI is InChI=1S/C11H21NO3S/c1-6-10(2,3)12-8(13)7-16-11(4,5)9(14)15/h6-7H2,1-5H3,(H,12,13)(H,14,15). The van der Waals surface area contributed by atoms with Gasteiger partial charge in [0.2, 0.25) is 5.91 Å². The highest BCUT2D eigenvalue weighted by atomic mass is 32.2. The first kappa shape index (κ1) is 15.3. The quantitative estimate of drug-likeness (QED) is 0.752. The molecule has 5 heteroatoms. The van der Waals surface area contributed by atoms with Crippen molar-refractivity contribution in [1.29, 1.82) is 0 Å². The molecule has 1 amide bonds. The number of rotatable bonds is 6. The second-order valence-corrected chi connectivity index (χ2v) is 6.49. The molecule has 4 nitrogen and oxygen atoms in total. The maximum atomic E-state index is 11.6. The Morgan fingerprint density at radius 3 is 2.12 bits per heavy atom. The highest BCUT2D eigenvalue weighted by Gasteiger charge is 2.29. The Hall–Kier alpha value is -0.710. The van der Waals surface area contributed by atoms with Crippen LogP contribution in [0.1, 0.15) is 41.0 Å². The van der Waals surface area contributed by atoms with Gasteiger partial charge in [-0.1, -0.05) is 6.92 Å². The zero-order valence-corrected chi connectivity index (χ0v) is 11.4. The van der Waals surface area contributed by atoms with Crippen molar-refractivity contribution in [1.82, 2.24) is 5.32 Å². The van der Waals surface area contributed by atoms with Crippen molar-refractivity contribution < 1.29 is 14.7 Å². The maximum Gasteiger partial charge on any atom is 0.319 e. The number of nitrogens with one attached hydrogen (secondary N) is 1. The third-order valence-corrected chi connectivity index (χ3v) is 3.74. The molecule has 0 aliphatic carbocycles. The molecule has 0 aliphatic rings. The van der Waals surface area contributed by atoms with E-state index in [1.165, 1.54) is 0 Å². The van der Waals surface area contributed by atoms with E-state index in [-0.39, 0.29) is 17.2 Å². The smallest absolute Gasteiger partial charge is 0.319 e. The summed E-state index contributed by atoms with van der Waals surface area (Å²) in [5.74, 6) is -0.853. The molecule has 0 fully saturated rings. The Labute approximate surface area is 101 Å².